The van der Waals surface area contributed by atoms with Crippen LogP contribution < -0.4 is 0 Å². The van der Waals surface area contributed by atoms with Crippen LogP contribution in [0.4, 0.5) is 0 Å². The summed E-state index contributed by atoms with van der Waals surface area (Å²) in [6.07, 6.45) is -0.655. The summed E-state index contributed by atoms with van der Waals surface area (Å²) in [6.45, 7) is 6.39. The van der Waals surface area contributed by atoms with Gasteiger partial charge in [-0.3, -0.25) is 4.79 Å². The number of thioether (sulfide) groups is 2. The number of carbonyl (C=O) groups excluding carboxylic acids is 1. The van der Waals surface area contributed by atoms with Crippen molar-refractivity contribution < 1.29 is 19.0 Å². The van der Waals surface area contributed by atoms with Crippen LogP contribution in [0.25, 0.3) is 0 Å². The van der Waals surface area contributed by atoms with Crippen molar-refractivity contribution in [3.8, 4) is 0 Å². The SMILES string of the molecule is CCS[C@@H]1OC2COC(c3ccccc3)O[C@@H]2[C@H](SC(C)=O)C1C. The fourth-order valence-electron chi connectivity index (χ4n) is 3.21. The molecule has 2 aliphatic heterocycles. The van der Waals surface area contributed by atoms with Crippen LogP contribution >= 0.6 is 23.5 Å². The molecule has 0 bridgehead atoms. The van der Waals surface area contributed by atoms with Gasteiger partial charge in [0.05, 0.1) is 6.61 Å². The Balaban J connectivity index is 1.79. The van der Waals surface area contributed by atoms with Crippen LogP contribution in [0.1, 0.15) is 32.6 Å². The fraction of sp³-hybridized carbons (Fsp3) is 0.611. The molecular formula is C18H24O4S2. The van der Waals surface area contributed by atoms with E-state index in [1.165, 1.54) is 11.8 Å². The Morgan fingerprint density at radius 2 is 2.00 bits per heavy atom. The van der Waals surface area contributed by atoms with Crippen molar-refractivity contribution in [3.63, 3.8) is 0 Å². The molecule has 6 atom stereocenters. The Bertz CT molecular complexity index is 553. The van der Waals surface area contributed by atoms with E-state index in [4.69, 9.17) is 14.2 Å². The maximum Gasteiger partial charge on any atom is 0.186 e. The van der Waals surface area contributed by atoms with Crippen molar-refractivity contribution in [1.82, 2.24) is 0 Å². The zero-order valence-electron chi connectivity index (χ0n) is 14.2. The first-order valence-corrected chi connectivity index (χ1v) is 10.3. The highest BCUT2D eigenvalue weighted by Crippen LogP contribution is 2.43. The van der Waals surface area contributed by atoms with Gasteiger partial charge in [0.15, 0.2) is 11.4 Å². The summed E-state index contributed by atoms with van der Waals surface area (Å²) in [5.74, 6) is 1.22. The smallest absolute Gasteiger partial charge is 0.186 e. The lowest BCUT2D eigenvalue weighted by molar-refractivity contribution is -0.284. The minimum atomic E-state index is -0.395. The quantitative estimate of drug-likeness (QED) is 0.804. The molecule has 0 saturated carbocycles. The molecule has 1 aromatic rings. The van der Waals surface area contributed by atoms with E-state index in [1.807, 2.05) is 30.3 Å². The molecular weight excluding hydrogens is 344 g/mol. The molecule has 6 heteroatoms. The van der Waals surface area contributed by atoms with Gasteiger partial charge in [-0.2, -0.15) is 0 Å². The fourth-order valence-corrected chi connectivity index (χ4v) is 5.45. The van der Waals surface area contributed by atoms with Crippen molar-refractivity contribution in [1.29, 1.82) is 0 Å². The number of hydrogen-bond acceptors (Lipinski definition) is 6. The highest BCUT2D eigenvalue weighted by Gasteiger charge is 2.48. The number of fused-ring (bicyclic) bond motifs is 1. The number of rotatable bonds is 4. The molecule has 0 N–H and O–H groups in total. The van der Waals surface area contributed by atoms with Crippen LogP contribution in [0.3, 0.4) is 0 Å². The Morgan fingerprint density at radius 3 is 2.67 bits per heavy atom. The summed E-state index contributed by atoms with van der Waals surface area (Å²) in [5.41, 5.74) is 1.08. The van der Waals surface area contributed by atoms with Crippen LogP contribution in [0, 0.1) is 5.92 Å². The minimum absolute atomic E-state index is 0.0774. The molecule has 2 fully saturated rings. The molecule has 0 aliphatic carbocycles. The maximum atomic E-state index is 11.8. The predicted molar refractivity (Wildman–Crippen MR) is 98.0 cm³/mol. The van der Waals surface area contributed by atoms with Crippen LogP contribution in [-0.4, -0.2) is 40.4 Å². The summed E-state index contributed by atoms with van der Waals surface area (Å²) < 4.78 is 18.4. The molecule has 0 spiro atoms. The van der Waals surface area contributed by atoms with Gasteiger partial charge in [-0.05, 0) is 5.75 Å². The van der Waals surface area contributed by atoms with E-state index < -0.39 is 6.29 Å². The number of carbonyl (C=O) groups is 1. The second-order valence-corrected chi connectivity index (χ2v) is 8.84. The van der Waals surface area contributed by atoms with Crippen molar-refractivity contribution >= 4 is 28.6 Å². The van der Waals surface area contributed by atoms with Crippen molar-refractivity contribution in [2.24, 2.45) is 5.92 Å². The summed E-state index contributed by atoms with van der Waals surface area (Å²) in [6, 6.07) is 9.93. The highest BCUT2D eigenvalue weighted by atomic mass is 32.2. The van der Waals surface area contributed by atoms with Gasteiger partial charge < -0.3 is 14.2 Å². The van der Waals surface area contributed by atoms with Crippen LogP contribution in [-0.2, 0) is 19.0 Å². The highest BCUT2D eigenvalue weighted by molar-refractivity contribution is 8.14. The third kappa shape index (κ3) is 3.99. The van der Waals surface area contributed by atoms with E-state index in [0.717, 1.165) is 11.3 Å². The molecule has 1 aromatic carbocycles. The molecule has 0 aromatic heterocycles. The third-order valence-electron chi connectivity index (χ3n) is 4.34. The van der Waals surface area contributed by atoms with Crippen molar-refractivity contribution in [2.45, 2.75) is 50.0 Å². The Hall–Kier alpha value is -0.530. The topological polar surface area (TPSA) is 44.8 Å². The van der Waals surface area contributed by atoms with Gasteiger partial charge in [-0.1, -0.05) is 55.9 Å². The standard InChI is InChI=1S/C18H24O4S2/c1-4-23-18-11(2)16(24-12(3)19)15-14(21-18)10-20-17(22-15)13-8-6-5-7-9-13/h5-9,11,14-18H,4,10H2,1-3H3/t11?,14?,15-,16+,17?,18-/m0/s1. The number of benzene rings is 1. The molecule has 4 nitrogen and oxygen atoms in total. The molecule has 132 valence electrons. The molecule has 3 unspecified atom stereocenters. The maximum absolute atomic E-state index is 11.8. The van der Waals surface area contributed by atoms with Crippen molar-refractivity contribution in [2.75, 3.05) is 12.4 Å². The first-order chi connectivity index (χ1) is 11.6. The molecule has 3 rings (SSSR count). The normalized spacial score (nSPS) is 36.1. The summed E-state index contributed by atoms with van der Waals surface area (Å²) in [5, 5.41) is 0.208. The molecule has 0 amide bonds. The summed E-state index contributed by atoms with van der Waals surface area (Å²) in [4.78, 5) is 11.8. The summed E-state index contributed by atoms with van der Waals surface area (Å²) >= 11 is 3.17. The van der Waals surface area contributed by atoms with Gasteiger partial charge in [-0.15, -0.1) is 11.8 Å². The van der Waals surface area contributed by atoms with Gasteiger partial charge in [0.1, 0.15) is 17.6 Å². The molecule has 0 radical (unpaired) electrons. The van der Waals surface area contributed by atoms with Crippen LogP contribution in [0.2, 0.25) is 0 Å². The lowest BCUT2D eigenvalue weighted by Crippen LogP contribution is -2.57. The molecule has 2 heterocycles. The van der Waals surface area contributed by atoms with Crippen LogP contribution in [0.15, 0.2) is 30.3 Å². The molecule has 24 heavy (non-hydrogen) atoms. The average molecular weight is 369 g/mol. The largest absolute Gasteiger partial charge is 0.359 e. The summed E-state index contributed by atoms with van der Waals surface area (Å²) in [7, 11) is 0. The Morgan fingerprint density at radius 1 is 1.25 bits per heavy atom. The van der Waals surface area contributed by atoms with Gasteiger partial charge in [-0.25, -0.2) is 0 Å². The second kappa shape index (κ2) is 8.23. The monoisotopic (exact) mass is 368 g/mol. The molecule has 2 aliphatic rings. The zero-order valence-corrected chi connectivity index (χ0v) is 15.8. The molecule has 2 saturated heterocycles. The predicted octanol–water partition coefficient (Wildman–Crippen LogP) is 3.86. The van der Waals surface area contributed by atoms with E-state index in [0.29, 0.717) is 6.61 Å². The van der Waals surface area contributed by atoms with E-state index >= 15 is 0 Å². The van der Waals surface area contributed by atoms with Crippen molar-refractivity contribution in [3.05, 3.63) is 35.9 Å². The minimum Gasteiger partial charge on any atom is -0.359 e. The van der Waals surface area contributed by atoms with E-state index in [-0.39, 0.29) is 33.9 Å². The third-order valence-corrected chi connectivity index (χ3v) is 6.85. The van der Waals surface area contributed by atoms with E-state index in [9.17, 15) is 4.79 Å². The number of ether oxygens (including phenoxy) is 3. The average Bonchev–Trinajstić information content (AvgIpc) is 2.59. The number of hydrogen-bond donors (Lipinski definition) is 0. The lowest BCUT2D eigenvalue weighted by atomic mass is 9.95. The first-order valence-electron chi connectivity index (χ1n) is 8.36. The first kappa shape index (κ1) is 18.3. The lowest BCUT2D eigenvalue weighted by Gasteiger charge is -2.48. The Kier molecular flexibility index (Phi) is 6.27. The van der Waals surface area contributed by atoms with Gasteiger partial charge >= 0.3 is 0 Å². The van der Waals surface area contributed by atoms with Gasteiger partial charge in [0, 0.05) is 23.7 Å². The van der Waals surface area contributed by atoms with Crippen LogP contribution in [0.5, 0.6) is 0 Å². The second-order valence-electron chi connectivity index (χ2n) is 6.11. The van der Waals surface area contributed by atoms with Gasteiger partial charge in [0.2, 0.25) is 0 Å². The van der Waals surface area contributed by atoms with E-state index in [1.54, 1.807) is 18.7 Å². The zero-order chi connectivity index (χ0) is 17.1. The Labute approximate surface area is 152 Å². The van der Waals surface area contributed by atoms with Gasteiger partial charge in [0.25, 0.3) is 0 Å². The van der Waals surface area contributed by atoms with E-state index in [2.05, 4.69) is 13.8 Å².